The van der Waals surface area contributed by atoms with Crippen LogP contribution in [0.4, 0.5) is 0 Å². The quantitative estimate of drug-likeness (QED) is 0.896. The lowest BCUT2D eigenvalue weighted by Crippen LogP contribution is -2.46. The van der Waals surface area contributed by atoms with Crippen molar-refractivity contribution in [1.29, 1.82) is 0 Å². The molecular formula is C17H25N3O. The number of aliphatic hydroxyl groups excluding tert-OH is 1. The van der Waals surface area contributed by atoms with Gasteiger partial charge < -0.3 is 15.0 Å². The summed E-state index contributed by atoms with van der Waals surface area (Å²) in [7, 11) is 0. The first-order valence-corrected chi connectivity index (χ1v) is 7.82. The van der Waals surface area contributed by atoms with Crippen LogP contribution in [0.2, 0.25) is 0 Å². The van der Waals surface area contributed by atoms with Gasteiger partial charge in [0.2, 0.25) is 0 Å². The molecule has 1 aliphatic rings. The van der Waals surface area contributed by atoms with Crippen LogP contribution in [0.15, 0.2) is 24.3 Å². The molecule has 2 heterocycles. The van der Waals surface area contributed by atoms with Crippen molar-refractivity contribution in [3.05, 3.63) is 35.5 Å². The molecule has 0 radical (unpaired) electrons. The second-order valence-electron chi connectivity index (χ2n) is 6.04. The summed E-state index contributed by atoms with van der Waals surface area (Å²) in [6.07, 6.45) is -0.322. The maximum atomic E-state index is 10.5. The van der Waals surface area contributed by atoms with Crippen LogP contribution in [0.25, 0.3) is 10.9 Å². The Balaban J connectivity index is 1.76. The van der Waals surface area contributed by atoms with E-state index >= 15 is 0 Å². The minimum absolute atomic E-state index is 0.322. The highest BCUT2D eigenvalue weighted by Crippen LogP contribution is 2.25. The number of fused-ring (bicyclic) bond motifs is 1. The smallest absolute Gasteiger partial charge is 0.0845 e. The largest absolute Gasteiger partial charge is 0.390 e. The summed E-state index contributed by atoms with van der Waals surface area (Å²) in [5, 5.41) is 15.1. The maximum Gasteiger partial charge on any atom is 0.0845 e. The number of benzene rings is 1. The van der Waals surface area contributed by atoms with Gasteiger partial charge in [0.1, 0.15) is 0 Å². The van der Waals surface area contributed by atoms with Gasteiger partial charge in [-0.3, -0.25) is 4.90 Å². The number of β-amino-alcohol motifs (C(OH)–C–C–N with tert-alkyl or cyclic N) is 1. The maximum absolute atomic E-state index is 10.5. The fourth-order valence-corrected chi connectivity index (χ4v) is 3.30. The molecule has 114 valence electrons. The lowest BCUT2D eigenvalue weighted by atomic mass is 10.2. The molecule has 0 spiro atoms. The predicted molar refractivity (Wildman–Crippen MR) is 86.7 cm³/mol. The summed E-state index contributed by atoms with van der Waals surface area (Å²) < 4.78 is 2.26. The molecule has 1 atom stereocenters. The van der Waals surface area contributed by atoms with Gasteiger partial charge in [-0.25, -0.2) is 0 Å². The highest BCUT2D eigenvalue weighted by atomic mass is 16.3. The molecule has 0 saturated carbocycles. The molecule has 1 aromatic heterocycles. The number of rotatable bonds is 4. The van der Waals surface area contributed by atoms with Crippen molar-refractivity contribution in [3.8, 4) is 0 Å². The van der Waals surface area contributed by atoms with E-state index in [0.29, 0.717) is 6.54 Å². The fourth-order valence-electron chi connectivity index (χ4n) is 3.30. The lowest BCUT2D eigenvalue weighted by molar-refractivity contribution is 0.0923. The molecular weight excluding hydrogens is 262 g/mol. The first-order valence-electron chi connectivity index (χ1n) is 7.82. The Hall–Kier alpha value is -1.36. The van der Waals surface area contributed by atoms with Crippen LogP contribution < -0.4 is 5.32 Å². The third-order valence-electron chi connectivity index (χ3n) is 4.62. The van der Waals surface area contributed by atoms with Gasteiger partial charge in [-0.05, 0) is 25.5 Å². The molecule has 21 heavy (non-hydrogen) atoms. The van der Waals surface area contributed by atoms with Crippen LogP contribution in [-0.4, -0.2) is 53.4 Å². The van der Waals surface area contributed by atoms with E-state index in [4.69, 9.17) is 0 Å². The molecule has 4 heteroatoms. The van der Waals surface area contributed by atoms with E-state index in [1.54, 1.807) is 0 Å². The number of aryl methyl sites for hydroxylation is 1. The Bertz CT molecular complexity index is 614. The predicted octanol–water partition coefficient (Wildman–Crippen LogP) is 1.52. The topological polar surface area (TPSA) is 40.4 Å². The highest BCUT2D eigenvalue weighted by Gasteiger charge is 2.17. The van der Waals surface area contributed by atoms with Gasteiger partial charge in [-0.2, -0.15) is 0 Å². The monoisotopic (exact) mass is 287 g/mol. The molecule has 3 rings (SSSR count). The first kappa shape index (κ1) is 14.6. The van der Waals surface area contributed by atoms with Crippen molar-refractivity contribution in [2.24, 2.45) is 0 Å². The van der Waals surface area contributed by atoms with Gasteiger partial charge in [-0.1, -0.05) is 18.2 Å². The van der Waals surface area contributed by atoms with Crippen LogP contribution in [0, 0.1) is 13.8 Å². The number of aromatic nitrogens is 1. The van der Waals surface area contributed by atoms with E-state index < -0.39 is 0 Å². The van der Waals surface area contributed by atoms with Crippen molar-refractivity contribution < 1.29 is 5.11 Å². The zero-order valence-electron chi connectivity index (χ0n) is 13.0. The van der Waals surface area contributed by atoms with E-state index in [1.807, 2.05) is 0 Å². The van der Waals surface area contributed by atoms with Gasteiger partial charge in [0.05, 0.1) is 12.6 Å². The number of hydrogen-bond acceptors (Lipinski definition) is 3. The van der Waals surface area contributed by atoms with Crippen LogP contribution in [0.3, 0.4) is 0 Å². The average molecular weight is 287 g/mol. The second-order valence-corrected chi connectivity index (χ2v) is 6.04. The van der Waals surface area contributed by atoms with Gasteiger partial charge in [0.15, 0.2) is 0 Å². The molecule has 1 saturated heterocycles. The fraction of sp³-hybridized carbons (Fsp3) is 0.529. The zero-order valence-corrected chi connectivity index (χ0v) is 13.0. The molecule has 0 aliphatic carbocycles. The van der Waals surface area contributed by atoms with E-state index in [2.05, 4.69) is 52.9 Å². The Kier molecular flexibility index (Phi) is 4.29. The standard InChI is InChI=1S/C17H25N3O/c1-13-14(2)20(17-6-4-3-5-16(13)17)12-15(21)11-19-9-7-18-8-10-19/h3-6,15,18,21H,7-12H2,1-2H3. The second kappa shape index (κ2) is 6.18. The summed E-state index contributed by atoms with van der Waals surface area (Å²) in [5.74, 6) is 0. The van der Waals surface area contributed by atoms with Crippen molar-refractivity contribution in [3.63, 3.8) is 0 Å². The minimum Gasteiger partial charge on any atom is -0.390 e. The Morgan fingerprint density at radius 1 is 1.14 bits per heavy atom. The summed E-state index contributed by atoms with van der Waals surface area (Å²) in [5.41, 5.74) is 3.81. The lowest BCUT2D eigenvalue weighted by Gasteiger charge is -2.29. The number of nitrogens with zero attached hydrogens (tertiary/aromatic N) is 2. The number of piperazine rings is 1. The van der Waals surface area contributed by atoms with Gasteiger partial charge >= 0.3 is 0 Å². The van der Waals surface area contributed by atoms with Gasteiger partial charge in [0.25, 0.3) is 0 Å². The molecule has 0 amide bonds. The summed E-state index contributed by atoms with van der Waals surface area (Å²) in [4.78, 5) is 2.34. The van der Waals surface area contributed by atoms with Gasteiger partial charge in [-0.15, -0.1) is 0 Å². The molecule has 0 bridgehead atoms. The Morgan fingerprint density at radius 3 is 2.62 bits per heavy atom. The molecule has 1 unspecified atom stereocenters. The van der Waals surface area contributed by atoms with Crippen molar-refractivity contribution in [2.45, 2.75) is 26.5 Å². The van der Waals surface area contributed by atoms with Crippen LogP contribution >= 0.6 is 0 Å². The van der Waals surface area contributed by atoms with Crippen LogP contribution in [-0.2, 0) is 6.54 Å². The number of para-hydroxylation sites is 1. The third-order valence-corrected chi connectivity index (χ3v) is 4.62. The van der Waals surface area contributed by atoms with Crippen molar-refractivity contribution >= 4 is 10.9 Å². The zero-order chi connectivity index (χ0) is 14.8. The summed E-state index contributed by atoms with van der Waals surface area (Å²) in [6, 6.07) is 8.46. The van der Waals surface area contributed by atoms with E-state index in [1.165, 1.54) is 22.2 Å². The van der Waals surface area contributed by atoms with Crippen LogP contribution in [0.5, 0.6) is 0 Å². The summed E-state index contributed by atoms with van der Waals surface area (Å²) >= 11 is 0. The minimum atomic E-state index is -0.322. The van der Waals surface area contributed by atoms with Gasteiger partial charge in [0, 0.05) is 49.3 Å². The Morgan fingerprint density at radius 2 is 1.86 bits per heavy atom. The third kappa shape index (κ3) is 2.98. The molecule has 2 N–H and O–H groups in total. The highest BCUT2D eigenvalue weighted by molar-refractivity contribution is 5.85. The first-order chi connectivity index (χ1) is 10.2. The SMILES string of the molecule is Cc1c(C)n(CC(O)CN2CCNCC2)c2ccccc12. The molecule has 2 aromatic rings. The number of nitrogens with one attached hydrogen (secondary N) is 1. The molecule has 4 nitrogen and oxygen atoms in total. The van der Waals surface area contributed by atoms with Crippen LogP contribution in [0.1, 0.15) is 11.3 Å². The molecule has 1 fully saturated rings. The van der Waals surface area contributed by atoms with E-state index in [9.17, 15) is 5.11 Å². The molecule has 1 aliphatic heterocycles. The Labute approximate surface area is 126 Å². The van der Waals surface area contributed by atoms with E-state index in [-0.39, 0.29) is 6.10 Å². The van der Waals surface area contributed by atoms with Crippen molar-refractivity contribution in [1.82, 2.24) is 14.8 Å². The number of hydrogen-bond donors (Lipinski definition) is 2. The average Bonchev–Trinajstić information content (AvgIpc) is 2.74. The molecule has 1 aromatic carbocycles. The number of aliphatic hydroxyl groups is 1. The van der Waals surface area contributed by atoms with E-state index in [0.717, 1.165) is 32.7 Å². The summed E-state index contributed by atoms with van der Waals surface area (Å²) in [6.45, 7) is 9.85. The normalized spacial score (nSPS) is 18.2. The van der Waals surface area contributed by atoms with Crippen molar-refractivity contribution in [2.75, 3.05) is 32.7 Å².